The van der Waals surface area contributed by atoms with E-state index in [4.69, 9.17) is 4.98 Å². The largest absolute Gasteiger partial charge is 0.480 e. The Labute approximate surface area is 158 Å². The summed E-state index contributed by atoms with van der Waals surface area (Å²) in [6.45, 7) is 3.49. The molecule has 136 valence electrons. The molecule has 2 heterocycles. The fraction of sp³-hybridized carbons (Fsp3) is 0.150. The Kier molecular flexibility index (Phi) is 4.24. The lowest BCUT2D eigenvalue weighted by atomic mass is 10.2. The van der Waals surface area contributed by atoms with E-state index in [1.807, 2.05) is 55.5 Å². The maximum Gasteiger partial charge on any atom is 0.316 e. The molecule has 0 bridgehead atoms. The van der Waals surface area contributed by atoms with Gasteiger partial charge in [-0.05, 0) is 31.5 Å². The second-order valence-electron chi connectivity index (χ2n) is 6.31. The van der Waals surface area contributed by atoms with E-state index in [0.717, 1.165) is 28.2 Å². The second-order valence-corrected chi connectivity index (χ2v) is 7.62. The van der Waals surface area contributed by atoms with Crippen molar-refractivity contribution in [2.75, 3.05) is 0 Å². The molecule has 4 aromatic rings. The quantitative estimate of drug-likeness (QED) is 0.417. The number of aliphatic carboxylic acids is 1. The van der Waals surface area contributed by atoms with Crippen LogP contribution in [0.2, 0.25) is 0 Å². The first-order valence-electron chi connectivity index (χ1n) is 8.46. The summed E-state index contributed by atoms with van der Waals surface area (Å²) in [5, 5.41) is 9.79. The molecule has 2 aromatic heterocycles. The second kappa shape index (κ2) is 6.59. The molecule has 0 aliphatic rings. The number of H-pyrrole nitrogens is 1. The van der Waals surface area contributed by atoms with Crippen LogP contribution < -0.4 is 5.56 Å². The van der Waals surface area contributed by atoms with Crippen LogP contribution in [0, 0.1) is 6.92 Å². The van der Waals surface area contributed by atoms with Crippen molar-refractivity contribution >= 4 is 39.7 Å². The zero-order chi connectivity index (χ0) is 19.1. The summed E-state index contributed by atoms with van der Waals surface area (Å²) in [5.41, 5.74) is 3.14. The number of nitrogens with one attached hydrogen (secondary N) is 1. The van der Waals surface area contributed by atoms with Crippen molar-refractivity contribution in [3.8, 4) is 5.69 Å². The van der Waals surface area contributed by atoms with Crippen molar-refractivity contribution < 1.29 is 9.90 Å². The number of aryl methyl sites for hydroxylation is 1. The van der Waals surface area contributed by atoms with E-state index in [1.54, 1.807) is 6.92 Å². The summed E-state index contributed by atoms with van der Waals surface area (Å²) in [7, 11) is 0. The average molecular weight is 379 g/mol. The molecule has 0 radical (unpaired) electrons. The van der Waals surface area contributed by atoms with Gasteiger partial charge in [0.25, 0.3) is 5.56 Å². The number of nitrogens with zero attached hydrogens (tertiary/aromatic N) is 2. The SMILES string of the molecule is Cc1ccccc1-n1c(SC(C)C(=O)O)nc2c([nH]c3ccccc32)c1=O. The first-order valence-corrected chi connectivity index (χ1v) is 9.34. The van der Waals surface area contributed by atoms with Crippen LogP contribution >= 0.6 is 11.8 Å². The Morgan fingerprint density at radius 1 is 1.19 bits per heavy atom. The number of carbonyl (C=O) groups is 1. The first kappa shape index (κ1) is 17.4. The molecule has 1 unspecified atom stereocenters. The van der Waals surface area contributed by atoms with Crippen LogP contribution in [0.15, 0.2) is 58.5 Å². The third kappa shape index (κ3) is 2.90. The Balaban J connectivity index is 2.08. The molecule has 2 N–H and O–H groups in total. The van der Waals surface area contributed by atoms with Crippen LogP contribution in [0.3, 0.4) is 0 Å². The summed E-state index contributed by atoms with van der Waals surface area (Å²) in [6, 6.07) is 15.0. The van der Waals surface area contributed by atoms with Crippen LogP contribution in [0.5, 0.6) is 0 Å². The van der Waals surface area contributed by atoms with Gasteiger partial charge in [-0.3, -0.25) is 14.2 Å². The molecule has 0 saturated carbocycles. The van der Waals surface area contributed by atoms with Crippen LogP contribution in [0.4, 0.5) is 0 Å². The molecule has 2 aromatic carbocycles. The number of rotatable bonds is 4. The fourth-order valence-corrected chi connectivity index (χ4v) is 3.90. The number of hydrogen-bond acceptors (Lipinski definition) is 4. The lowest BCUT2D eigenvalue weighted by molar-refractivity contribution is -0.136. The number of aromatic amines is 1. The molecule has 27 heavy (non-hydrogen) atoms. The van der Waals surface area contributed by atoms with Crippen molar-refractivity contribution in [3.05, 3.63) is 64.4 Å². The van der Waals surface area contributed by atoms with Crippen LogP contribution in [0.25, 0.3) is 27.6 Å². The highest BCUT2D eigenvalue weighted by Gasteiger charge is 2.22. The normalized spacial score (nSPS) is 12.5. The van der Waals surface area contributed by atoms with E-state index >= 15 is 0 Å². The van der Waals surface area contributed by atoms with Gasteiger partial charge in [0.1, 0.15) is 16.3 Å². The van der Waals surface area contributed by atoms with Gasteiger partial charge in [-0.2, -0.15) is 0 Å². The Morgan fingerprint density at radius 2 is 1.89 bits per heavy atom. The van der Waals surface area contributed by atoms with Crippen molar-refractivity contribution in [1.29, 1.82) is 0 Å². The number of thioether (sulfide) groups is 1. The number of fused-ring (bicyclic) bond motifs is 3. The van der Waals surface area contributed by atoms with Gasteiger partial charge in [0.2, 0.25) is 0 Å². The molecule has 0 aliphatic carbocycles. The van der Waals surface area contributed by atoms with Gasteiger partial charge < -0.3 is 10.1 Å². The highest BCUT2D eigenvalue weighted by Crippen LogP contribution is 2.29. The Morgan fingerprint density at radius 3 is 2.63 bits per heavy atom. The Bertz CT molecular complexity index is 1240. The smallest absolute Gasteiger partial charge is 0.316 e. The summed E-state index contributed by atoms with van der Waals surface area (Å²) < 4.78 is 1.50. The van der Waals surface area contributed by atoms with E-state index in [9.17, 15) is 14.7 Å². The maximum absolute atomic E-state index is 13.4. The summed E-state index contributed by atoms with van der Waals surface area (Å²) in [6.07, 6.45) is 0. The molecule has 0 amide bonds. The number of aromatic nitrogens is 3. The van der Waals surface area contributed by atoms with E-state index in [1.165, 1.54) is 4.57 Å². The lowest BCUT2D eigenvalue weighted by Crippen LogP contribution is -2.24. The molecule has 0 aliphatic heterocycles. The summed E-state index contributed by atoms with van der Waals surface area (Å²) in [5.74, 6) is -0.954. The molecule has 0 fully saturated rings. The van der Waals surface area contributed by atoms with Gasteiger partial charge in [0.05, 0.1) is 5.69 Å². The molecule has 6 nitrogen and oxygen atoms in total. The van der Waals surface area contributed by atoms with Crippen LogP contribution in [-0.2, 0) is 4.79 Å². The number of carboxylic acids is 1. The third-order valence-electron chi connectivity index (χ3n) is 4.48. The molecule has 4 rings (SSSR count). The van der Waals surface area contributed by atoms with Crippen LogP contribution in [0.1, 0.15) is 12.5 Å². The van der Waals surface area contributed by atoms with Gasteiger partial charge in [-0.15, -0.1) is 0 Å². The number of hydrogen-bond donors (Lipinski definition) is 2. The molecule has 0 saturated heterocycles. The number of carboxylic acid groups (broad SMARTS) is 1. The van der Waals surface area contributed by atoms with Gasteiger partial charge in [-0.1, -0.05) is 48.2 Å². The summed E-state index contributed by atoms with van der Waals surface area (Å²) in [4.78, 5) is 32.6. The topological polar surface area (TPSA) is 88.0 Å². The van der Waals surface area contributed by atoms with Crippen molar-refractivity contribution in [2.24, 2.45) is 0 Å². The van der Waals surface area contributed by atoms with Crippen LogP contribution in [-0.4, -0.2) is 30.9 Å². The number of para-hydroxylation sites is 2. The first-order chi connectivity index (χ1) is 13.0. The molecule has 0 spiro atoms. The van der Waals surface area contributed by atoms with Gasteiger partial charge in [-0.25, -0.2) is 4.98 Å². The third-order valence-corrected chi connectivity index (χ3v) is 5.52. The van der Waals surface area contributed by atoms with Gasteiger partial charge in [0, 0.05) is 10.9 Å². The minimum absolute atomic E-state index is 0.245. The lowest BCUT2D eigenvalue weighted by Gasteiger charge is -2.15. The van der Waals surface area contributed by atoms with E-state index in [0.29, 0.717) is 21.9 Å². The highest BCUT2D eigenvalue weighted by molar-refractivity contribution is 8.00. The molecular formula is C20H17N3O3S. The van der Waals surface area contributed by atoms with Gasteiger partial charge in [0.15, 0.2) is 5.16 Å². The van der Waals surface area contributed by atoms with Crippen molar-refractivity contribution in [2.45, 2.75) is 24.3 Å². The minimum Gasteiger partial charge on any atom is -0.480 e. The van der Waals surface area contributed by atoms with E-state index in [-0.39, 0.29) is 5.56 Å². The predicted octanol–water partition coefficient (Wildman–Crippen LogP) is 3.74. The van der Waals surface area contributed by atoms with E-state index < -0.39 is 11.2 Å². The zero-order valence-electron chi connectivity index (χ0n) is 14.8. The summed E-state index contributed by atoms with van der Waals surface area (Å²) >= 11 is 1.06. The predicted molar refractivity (Wildman–Crippen MR) is 107 cm³/mol. The maximum atomic E-state index is 13.4. The average Bonchev–Trinajstić information content (AvgIpc) is 3.02. The standard InChI is InChI=1S/C20H17N3O3S/c1-11-7-3-6-10-15(11)23-18(24)17-16(13-8-4-5-9-14(13)21-17)22-20(23)27-12(2)19(25)26/h3-10,12,21H,1-2H3,(H,25,26). The highest BCUT2D eigenvalue weighted by atomic mass is 32.2. The minimum atomic E-state index is -0.954. The molecule has 1 atom stereocenters. The fourth-order valence-electron chi connectivity index (χ4n) is 3.06. The van der Waals surface area contributed by atoms with E-state index in [2.05, 4.69) is 4.98 Å². The zero-order valence-corrected chi connectivity index (χ0v) is 15.6. The monoisotopic (exact) mass is 379 g/mol. The molecular weight excluding hydrogens is 362 g/mol. The van der Waals surface area contributed by atoms with Crippen molar-refractivity contribution in [3.63, 3.8) is 0 Å². The number of benzene rings is 2. The van der Waals surface area contributed by atoms with Crippen molar-refractivity contribution in [1.82, 2.24) is 14.5 Å². The van der Waals surface area contributed by atoms with Gasteiger partial charge >= 0.3 is 5.97 Å². The molecule has 7 heteroatoms. The Hall–Kier alpha value is -3.06.